The summed E-state index contributed by atoms with van der Waals surface area (Å²) >= 11 is 1.73. The van der Waals surface area contributed by atoms with Gasteiger partial charge in [-0.3, -0.25) is 10.1 Å². The number of hydrogen-bond acceptors (Lipinski definition) is 4. The van der Waals surface area contributed by atoms with Crippen LogP contribution >= 0.6 is 11.8 Å². The van der Waals surface area contributed by atoms with Crippen molar-refractivity contribution in [2.45, 2.75) is 44.2 Å². The minimum absolute atomic E-state index is 0.119. The number of hydrogen-bond donors (Lipinski definition) is 1. The second-order valence-electron chi connectivity index (χ2n) is 5.37. The molecule has 3 nitrogen and oxygen atoms in total. The zero-order valence-electron chi connectivity index (χ0n) is 13.0. The van der Waals surface area contributed by atoms with Crippen LogP contribution in [0.2, 0.25) is 0 Å². The molecule has 1 aromatic rings. The van der Waals surface area contributed by atoms with Gasteiger partial charge in [-0.25, -0.2) is 0 Å². The quantitative estimate of drug-likeness (QED) is 0.615. The number of thioether (sulfide) groups is 1. The molecular formula is C16H25NO2S. The summed E-state index contributed by atoms with van der Waals surface area (Å²) in [6.07, 6.45) is 2.84. The monoisotopic (exact) mass is 295 g/mol. The number of benzene rings is 1. The first-order chi connectivity index (χ1) is 9.47. The molecule has 2 atom stereocenters. The van der Waals surface area contributed by atoms with Crippen molar-refractivity contribution in [3.05, 3.63) is 29.8 Å². The summed E-state index contributed by atoms with van der Waals surface area (Å²) < 4.78 is 4.88. The molecule has 0 heterocycles. The fourth-order valence-electron chi connectivity index (χ4n) is 2.14. The summed E-state index contributed by atoms with van der Waals surface area (Å²) in [6.45, 7) is 6.29. The zero-order chi connectivity index (χ0) is 15.1. The lowest BCUT2D eigenvalue weighted by atomic mass is 10.0. The number of methoxy groups -OCH3 is 1. The van der Waals surface area contributed by atoms with Crippen molar-refractivity contribution in [3.63, 3.8) is 0 Å². The number of nitrogens with one attached hydrogen (secondary N) is 1. The first-order valence-corrected chi connectivity index (χ1v) is 8.18. The molecule has 0 radical (unpaired) electrons. The molecular weight excluding hydrogens is 270 g/mol. The fourth-order valence-corrected chi connectivity index (χ4v) is 2.54. The van der Waals surface area contributed by atoms with E-state index in [1.807, 2.05) is 0 Å². The molecule has 0 bridgehead atoms. The van der Waals surface area contributed by atoms with Crippen LogP contribution in [0.15, 0.2) is 29.2 Å². The Bertz CT molecular complexity index is 417. The lowest BCUT2D eigenvalue weighted by Crippen LogP contribution is -2.40. The molecule has 4 heteroatoms. The number of carbonyl (C=O) groups is 1. The van der Waals surface area contributed by atoms with Crippen LogP contribution in [0.3, 0.4) is 0 Å². The maximum Gasteiger partial charge on any atom is 0.322 e. The van der Waals surface area contributed by atoms with Gasteiger partial charge < -0.3 is 4.74 Å². The molecule has 0 aliphatic carbocycles. The normalized spacial score (nSPS) is 14.1. The summed E-state index contributed by atoms with van der Waals surface area (Å²) in [6, 6.07) is 8.28. The van der Waals surface area contributed by atoms with Gasteiger partial charge in [0.05, 0.1) is 7.11 Å². The molecule has 0 saturated heterocycles. The molecule has 0 aliphatic rings. The summed E-state index contributed by atoms with van der Waals surface area (Å²) in [4.78, 5) is 13.1. The highest BCUT2D eigenvalue weighted by Crippen LogP contribution is 2.20. The second-order valence-corrected chi connectivity index (χ2v) is 6.25. The van der Waals surface area contributed by atoms with Gasteiger partial charge in [-0.15, -0.1) is 11.8 Å². The molecule has 0 spiro atoms. The fraction of sp³-hybridized carbons (Fsp3) is 0.562. The Morgan fingerprint density at radius 3 is 2.30 bits per heavy atom. The molecule has 1 rings (SSSR count). The summed E-state index contributed by atoms with van der Waals surface area (Å²) in [5.41, 5.74) is 1.18. The third kappa shape index (κ3) is 5.17. The van der Waals surface area contributed by atoms with E-state index in [1.54, 1.807) is 11.8 Å². The average molecular weight is 295 g/mol. The van der Waals surface area contributed by atoms with Gasteiger partial charge >= 0.3 is 5.97 Å². The molecule has 0 amide bonds. The molecule has 0 fully saturated rings. The van der Waals surface area contributed by atoms with Gasteiger partial charge in [-0.1, -0.05) is 26.0 Å². The Balaban J connectivity index is 2.73. The van der Waals surface area contributed by atoms with E-state index in [0.717, 1.165) is 6.42 Å². The topological polar surface area (TPSA) is 38.3 Å². The molecule has 20 heavy (non-hydrogen) atoms. The maximum atomic E-state index is 11.8. The lowest BCUT2D eigenvalue weighted by Gasteiger charge is -2.23. The highest BCUT2D eigenvalue weighted by atomic mass is 32.2. The largest absolute Gasteiger partial charge is 0.468 e. The van der Waals surface area contributed by atoms with Gasteiger partial charge in [-0.2, -0.15) is 0 Å². The highest BCUT2D eigenvalue weighted by Gasteiger charge is 2.22. The Morgan fingerprint density at radius 1 is 1.25 bits per heavy atom. The number of ether oxygens (including phenoxy) is 1. The predicted octanol–water partition coefficient (Wildman–Crippen LogP) is 3.65. The predicted molar refractivity (Wildman–Crippen MR) is 85.0 cm³/mol. The standard InChI is InChI=1S/C16H25NO2S/c1-11(2)10-15(16(18)19-4)17-12(3)13-6-8-14(20-5)9-7-13/h6-9,11-12,15,17H,10H2,1-5H3. The van der Waals surface area contributed by atoms with Gasteiger partial charge in [0, 0.05) is 10.9 Å². The summed E-state index contributed by atoms with van der Waals surface area (Å²) in [5, 5.41) is 3.37. The smallest absolute Gasteiger partial charge is 0.322 e. The van der Waals surface area contributed by atoms with Crippen LogP contribution in [0.25, 0.3) is 0 Å². The highest BCUT2D eigenvalue weighted by molar-refractivity contribution is 7.98. The van der Waals surface area contributed by atoms with Crippen molar-refractivity contribution in [2.75, 3.05) is 13.4 Å². The first-order valence-electron chi connectivity index (χ1n) is 6.95. The maximum absolute atomic E-state index is 11.8. The van der Waals surface area contributed by atoms with E-state index in [9.17, 15) is 4.79 Å². The van der Waals surface area contributed by atoms with Gasteiger partial charge in [0.25, 0.3) is 0 Å². The van der Waals surface area contributed by atoms with Gasteiger partial charge in [-0.05, 0) is 43.2 Å². The summed E-state index contributed by atoms with van der Waals surface area (Å²) in [7, 11) is 1.44. The van der Waals surface area contributed by atoms with E-state index in [4.69, 9.17) is 4.74 Å². The minimum atomic E-state index is -0.254. The molecule has 0 saturated carbocycles. The minimum Gasteiger partial charge on any atom is -0.468 e. The van der Waals surface area contributed by atoms with Crippen molar-refractivity contribution in [1.82, 2.24) is 5.32 Å². The zero-order valence-corrected chi connectivity index (χ0v) is 13.8. The SMILES string of the molecule is COC(=O)C(CC(C)C)NC(C)c1ccc(SC)cc1. The van der Waals surface area contributed by atoms with Crippen molar-refractivity contribution in [2.24, 2.45) is 5.92 Å². The number of rotatable bonds is 7. The van der Waals surface area contributed by atoms with E-state index in [1.165, 1.54) is 17.6 Å². The van der Waals surface area contributed by atoms with Gasteiger partial charge in [0.2, 0.25) is 0 Å². The Hall–Kier alpha value is -1.00. The van der Waals surface area contributed by atoms with Crippen molar-refractivity contribution in [1.29, 1.82) is 0 Å². The van der Waals surface area contributed by atoms with Crippen molar-refractivity contribution >= 4 is 17.7 Å². The van der Waals surface area contributed by atoms with Crippen LogP contribution in [-0.4, -0.2) is 25.4 Å². The van der Waals surface area contributed by atoms with Crippen LogP contribution in [0, 0.1) is 5.92 Å². The molecule has 0 aromatic heterocycles. The third-order valence-corrected chi connectivity index (χ3v) is 4.00. The van der Waals surface area contributed by atoms with Crippen LogP contribution in [-0.2, 0) is 9.53 Å². The van der Waals surface area contributed by atoms with E-state index in [0.29, 0.717) is 5.92 Å². The van der Waals surface area contributed by atoms with Crippen LogP contribution in [0.1, 0.15) is 38.8 Å². The summed E-state index contributed by atoms with van der Waals surface area (Å²) in [5.74, 6) is 0.254. The van der Waals surface area contributed by atoms with Crippen LogP contribution in [0.4, 0.5) is 0 Å². The van der Waals surface area contributed by atoms with Gasteiger partial charge in [0.1, 0.15) is 6.04 Å². The second kappa shape index (κ2) is 8.32. The molecule has 112 valence electrons. The van der Waals surface area contributed by atoms with E-state index >= 15 is 0 Å². The van der Waals surface area contributed by atoms with Crippen LogP contribution in [0.5, 0.6) is 0 Å². The number of carbonyl (C=O) groups excluding carboxylic acids is 1. The Morgan fingerprint density at radius 2 is 1.85 bits per heavy atom. The molecule has 1 aromatic carbocycles. The van der Waals surface area contributed by atoms with Crippen molar-refractivity contribution in [3.8, 4) is 0 Å². The average Bonchev–Trinajstić information content (AvgIpc) is 2.45. The Labute approximate surface area is 126 Å². The van der Waals surface area contributed by atoms with E-state index in [-0.39, 0.29) is 18.1 Å². The molecule has 1 N–H and O–H groups in total. The van der Waals surface area contributed by atoms with E-state index in [2.05, 4.69) is 56.6 Å². The lowest BCUT2D eigenvalue weighted by molar-refractivity contribution is -0.143. The third-order valence-electron chi connectivity index (χ3n) is 3.26. The van der Waals surface area contributed by atoms with Crippen LogP contribution < -0.4 is 5.32 Å². The van der Waals surface area contributed by atoms with Gasteiger partial charge in [0.15, 0.2) is 0 Å². The van der Waals surface area contributed by atoms with E-state index < -0.39 is 0 Å². The Kier molecular flexibility index (Phi) is 7.10. The van der Waals surface area contributed by atoms with Crippen molar-refractivity contribution < 1.29 is 9.53 Å². The molecule has 2 unspecified atom stereocenters. The first kappa shape index (κ1) is 17.1. The molecule has 0 aliphatic heterocycles. The number of esters is 1.